The molecule has 0 fully saturated rings. The Balaban J connectivity index is 1.93. The highest BCUT2D eigenvalue weighted by molar-refractivity contribution is 6.31. The second kappa shape index (κ2) is 4.78. The predicted octanol–water partition coefficient (Wildman–Crippen LogP) is 2.98. The number of aromatic nitrogens is 1. The fourth-order valence-electron chi connectivity index (χ4n) is 4.39. The second-order valence-electron chi connectivity index (χ2n) is 6.28. The lowest BCUT2D eigenvalue weighted by Gasteiger charge is -2.36. The largest absolute Gasteiger partial charge is 0.334 e. The van der Waals surface area contributed by atoms with Crippen molar-refractivity contribution in [3.05, 3.63) is 34.5 Å². The second-order valence-corrected chi connectivity index (χ2v) is 6.72. The monoisotopic (exact) mass is 289 g/mol. The number of hydrogen-bond donors (Lipinski definition) is 1. The van der Waals surface area contributed by atoms with Gasteiger partial charge >= 0.3 is 0 Å². The van der Waals surface area contributed by atoms with Gasteiger partial charge in [0.25, 0.3) is 0 Å². The minimum atomic E-state index is 0.721. The van der Waals surface area contributed by atoms with E-state index in [0.717, 1.165) is 11.1 Å². The standard InChI is InChI=1S/C17H21ClN2/c1-2-8-19-9-10-20-15-7-6-12(18)11-14(15)13-4-3-5-16(19)17(13)20/h6-7,11,16H,2-5,8-10H2,1H3/p+1/t16-/m1/s1. The Bertz CT molecular complexity index is 659. The van der Waals surface area contributed by atoms with Crippen LogP contribution < -0.4 is 4.90 Å². The van der Waals surface area contributed by atoms with Gasteiger partial charge in [-0.15, -0.1) is 0 Å². The van der Waals surface area contributed by atoms with Crippen LogP contribution in [0.4, 0.5) is 0 Å². The zero-order chi connectivity index (χ0) is 13.7. The van der Waals surface area contributed by atoms with Gasteiger partial charge in [0.05, 0.1) is 25.3 Å². The topological polar surface area (TPSA) is 9.37 Å². The lowest BCUT2D eigenvalue weighted by atomic mass is 9.89. The van der Waals surface area contributed by atoms with E-state index in [-0.39, 0.29) is 0 Å². The van der Waals surface area contributed by atoms with Gasteiger partial charge < -0.3 is 9.47 Å². The summed E-state index contributed by atoms with van der Waals surface area (Å²) in [7, 11) is 0. The minimum absolute atomic E-state index is 0.721. The SMILES string of the molecule is CCC[NH+]1CCn2c3c(c4cc(Cl)ccc42)CCC[C@H]31. The highest BCUT2D eigenvalue weighted by Gasteiger charge is 2.37. The molecule has 2 atom stereocenters. The number of quaternary nitrogens is 1. The third kappa shape index (κ3) is 1.74. The van der Waals surface area contributed by atoms with E-state index in [2.05, 4.69) is 23.6 Å². The maximum atomic E-state index is 6.23. The number of aryl methyl sites for hydroxylation is 1. The zero-order valence-corrected chi connectivity index (χ0v) is 12.8. The van der Waals surface area contributed by atoms with Gasteiger partial charge in [0.2, 0.25) is 0 Å². The third-order valence-corrected chi connectivity index (χ3v) is 5.38. The molecule has 20 heavy (non-hydrogen) atoms. The molecule has 2 heterocycles. The van der Waals surface area contributed by atoms with Crippen molar-refractivity contribution in [1.82, 2.24) is 4.57 Å². The Hall–Kier alpha value is -0.990. The van der Waals surface area contributed by atoms with E-state index < -0.39 is 0 Å². The summed E-state index contributed by atoms with van der Waals surface area (Å²) < 4.78 is 2.59. The van der Waals surface area contributed by atoms with Crippen LogP contribution in [0.2, 0.25) is 5.02 Å². The Labute approximate surface area is 125 Å². The molecule has 1 aromatic heterocycles. The van der Waals surface area contributed by atoms with Crippen molar-refractivity contribution in [1.29, 1.82) is 0 Å². The summed E-state index contributed by atoms with van der Waals surface area (Å²) in [6.07, 6.45) is 5.20. The molecule has 0 bridgehead atoms. The Morgan fingerprint density at radius 3 is 3.15 bits per heavy atom. The van der Waals surface area contributed by atoms with Crippen molar-refractivity contribution < 1.29 is 4.90 Å². The van der Waals surface area contributed by atoms with E-state index in [1.807, 2.05) is 6.07 Å². The Kier molecular flexibility index (Phi) is 3.04. The summed E-state index contributed by atoms with van der Waals surface area (Å²) in [6.45, 7) is 6.06. The molecule has 1 aromatic carbocycles. The molecule has 1 N–H and O–H groups in total. The number of rotatable bonds is 2. The molecule has 2 aromatic rings. The normalized spacial score (nSPS) is 24.9. The quantitative estimate of drug-likeness (QED) is 0.871. The van der Waals surface area contributed by atoms with Gasteiger partial charge in [-0.1, -0.05) is 18.5 Å². The highest BCUT2D eigenvalue weighted by atomic mass is 35.5. The summed E-state index contributed by atoms with van der Waals surface area (Å²) in [5, 5.41) is 2.28. The van der Waals surface area contributed by atoms with Crippen LogP contribution in [-0.2, 0) is 13.0 Å². The molecule has 0 saturated heterocycles. The van der Waals surface area contributed by atoms with Crippen molar-refractivity contribution in [3.63, 3.8) is 0 Å². The van der Waals surface area contributed by atoms with Gasteiger partial charge in [-0.3, -0.25) is 0 Å². The molecule has 2 aliphatic rings. The van der Waals surface area contributed by atoms with Crippen molar-refractivity contribution in [2.24, 2.45) is 0 Å². The molecule has 0 amide bonds. The number of nitrogens with zero attached hydrogens (tertiary/aromatic N) is 1. The van der Waals surface area contributed by atoms with Crippen LogP contribution in [0, 0.1) is 0 Å². The lowest BCUT2D eigenvalue weighted by molar-refractivity contribution is -0.937. The van der Waals surface area contributed by atoms with Crippen molar-refractivity contribution >= 4 is 22.5 Å². The van der Waals surface area contributed by atoms with Crippen LogP contribution in [0.15, 0.2) is 18.2 Å². The maximum absolute atomic E-state index is 6.23. The van der Waals surface area contributed by atoms with E-state index in [0.29, 0.717) is 0 Å². The minimum Gasteiger partial charge on any atom is -0.334 e. The molecule has 0 saturated carbocycles. The van der Waals surface area contributed by atoms with Crippen molar-refractivity contribution in [2.45, 2.75) is 45.2 Å². The number of benzene rings is 1. The first kappa shape index (κ1) is 12.7. The number of fused-ring (bicyclic) bond motifs is 3. The first-order chi connectivity index (χ1) is 9.79. The van der Waals surface area contributed by atoms with E-state index in [1.54, 1.807) is 16.2 Å². The van der Waals surface area contributed by atoms with Crippen LogP contribution in [0.5, 0.6) is 0 Å². The number of hydrogen-bond acceptors (Lipinski definition) is 0. The molecule has 2 nitrogen and oxygen atoms in total. The Morgan fingerprint density at radius 2 is 2.30 bits per heavy atom. The first-order valence-electron chi connectivity index (χ1n) is 7.94. The predicted molar refractivity (Wildman–Crippen MR) is 83.6 cm³/mol. The molecule has 4 rings (SSSR count). The van der Waals surface area contributed by atoms with Crippen molar-refractivity contribution in [2.75, 3.05) is 13.1 Å². The Morgan fingerprint density at radius 1 is 1.40 bits per heavy atom. The average Bonchev–Trinajstić information content (AvgIpc) is 2.78. The van der Waals surface area contributed by atoms with Gasteiger partial charge in [-0.25, -0.2) is 0 Å². The number of nitrogens with one attached hydrogen (secondary N) is 1. The summed E-state index contributed by atoms with van der Waals surface area (Å²) in [4.78, 5) is 1.80. The molecule has 1 unspecified atom stereocenters. The molecular formula is C17H22ClN2+. The van der Waals surface area contributed by atoms with Crippen LogP contribution in [0.3, 0.4) is 0 Å². The fraction of sp³-hybridized carbons (Fsp3) is 0.529. The molecule has 106 valence electrons. The van der Waals surface area contributed by atoms with E-state index in [1.165, 1.54) is 56.2 Å². The maximum Gasteiger partial charge on any atom is 0.129 e. The van der Waals surface area contributed by atoms with Crippen LogP contribution >= 0.6 is 11.6 Å². The smallest absolute Gasteiger partial charge is 0.129 e. The molecule has 3 heteroatoms. The zero-order valence-electron chi connectivity index (χ0n) is 12.1. The van der Waals surface area contributed by atoms with Crippen LogP contribution in [0.25, 0.3) is 10.9 Å². The third-order valence-electron chi connectivity index (χ3n) is 5.14. The van der Waals surface area contributed by atoms with E-state index in [9.17, 15) is 0 Å². The highest BCUT2D eigenvalue weighted by Crippen LogP contribution is 2.38. The molecule has 1 aliphatic heterocycles. The average molecular weight is 290 g/mol. The van der Waals surface area contributed by atoms with Crippen molar-refractivity contribution in [3.8, 4) is 0 Å². The molecule has 1 aliphatic carbocycles. The lowest BCUT2D eigenvalue weighted by Crippen LogP contribution is -3.13. The first-order valence-corrected chi connectivity index (χ1v) is 8.32. The van der Waals surface area contributed by atoms with Gasteiger partial charge in [-0.2, -0.15) is 0 Å². The fourth-order valence-corrected chi connectivity index (χ4v) is 4.56. The molecule has 0 radical (unpaired) electrons. The van der Waals surface area contributed by atoms with Crippen LogP contribution in [-0.4, -0.2) is 17.7 Å². The summed E-state index contributed by atoms with van der Waals surface area (Å²) in [5.41, 5.74) is 4.62. The molecular weight excluding hydrogens is 268 g/mol. The summed E-state index contributed by atoms with van der Waals surface area (Å²) in [5.74, 6) is 0. The van der Waals surface area contributed by atoms with Gasteiger partial charge in [0.15, 0.2) is 0 Å². The van der Waals surface area contributed by atoms with Crippen LogP contribution in [0.1, 0.15) is 43.5 Å². The molecule has 0 spiro atoms. The van der Waals surface area contributed by atoms with E-state index in [4.69, 9.17) is 11.6 Å². The van der Waals surface area contributed by atoms with E-state index >= 15 is 0 Å². The number of halogens is 1. The van der Waals surface area contributed by atoms with Gasteiger partial charge in [0.1, 0.15) is 6.04 Å². The van der Waals surface area contributed by atoms with Gasteiger partial charge in [-0.05, 0) is 43.0 Å². The summed E-state index contributed by atoms with van der Waals surface area (Å²) in [6, 6.07) is 7.16. The summed E-state index contributed by atoms with van der Waals surface area (Å²) >= 11 is 6.23. The van der Waals surface area contributed by atoms with Gasteiger partial charge in [0, 0.05) is 22.3 Å².